The van der Waals surface area contributed by atoms with E-state index in [0.717, 1.165) is 0 Å². The molecule has 0 N–H and O–H groups in total. The van der Waals surface area contributed by atoms with Gasteiger partial charge in [0.25, 0.3) is 0 Å². The molecule has 6 nitrogen and oxygen atoms in total. The molecule has 0 aliphatic carbocycles. The van der Waals surface area contributed by atoms with Gasteiger partial charge in [-0.2, -0.15) is 9.57 Å². The van der Waals surface area contributed by atoms with E-state index in [1.54, 1.807) is 0 Å². The van der Waals surface area contributed by atoms with Crippen LogP contribution >= 0.6 is 0 Å². The Labute approximate surface area is 112 Å². The molecule has 2 unspecified atom stereocenters. The van der Waals surface area contributed by atoms with Crippen LogP contribution in [0.4, 0.5) is 0 Å². The van der Waals surface area contributed by atoms with Crippen molar-refractivity contribution in [3.63, 3.8) is 0 Å². The molecule has 0 spiro atoms. The lowest BCUT2D eigenvalue weighted by Crippen LogP contribution is -2.41. The molecule has 0 bridgehead atoms. The number of likely N-dealkylation sites (N-methyl/N-ethyl adjacent to an activating group) is 1. The van der Waals surface area contributed by atoms with E-state index in [1.807, 2.05) is 13.0 Å². The van der Waals surface area contributed by atoms with Crippen LogP contribution in [0.2, 0.25) is 0 Å². The molecule has 2 rings (SSSR count). The highest BCUT2D eigenvalue weighted by Crippen LogP contribution is 2.25. The van der Waals surface area contributed by atoms with E-state index in [4.69, 9.17) is 10.00 Å². The first kappa shape index (κ1) is 13.9. The number of hydrogen-bond acceptors (Lipinski definition) is 5. The van der Waals surface area contributed by atoms with Gasteiger partial charge in [0.15, 0.2) is 5.69 Å². The average Bonchev–Trinajstić information content (AvgIpc) is 2.83. The first-order chi connectivity index (χ1) is 8.98. The Balaban J connectivity index is 2.40. The first-order valence-electron chi connectivity index (χ1n) is 5.93. The van der Waals surface area contributed by atoms with Gasteiger partial charge in [0.1, 0.15) is 11.0 Å². The molecule has 0 radical (unpaired) electrons. The molecule has 2 atom stereocenters. The highest BCUT2D eigenvalue weighted by molar-refractivity contribution is 7.89. The van der Waals surface area contributed by atoms with Crippen molar-refractivity contribution in [3.05, 3.63) is 24.0 Å². The van der Waals surface area contributed by atoms with Crippen LogP contribution in [0.15, 0.2) is 23.2 Å². The van der Waals surface area contributed by atoms with Gasteiger partial charge in [-0.3, -0.25) is 0 Å². The Morgan fingerprint density at radius 2 is 2.32 bits per heavy atom. The van der Waals surface area contributed by atoms with Gasteiger partial charge in [-0.1, -0.05) is 0 Å². The monoisotopic (exact) mass is 281 g/mol. The molecule has 0 saturated carbocycles. The fraction of sp³-hybridized carbons (Fsp3) is 0.500. The molecule has 102 valence electrons. The third-order valence-corrected chi connectivity index (χ3v) is 5.25. The number of rotatable bonds is 3. The Morgan fingerprint density at radius 1 is 1.58 bits per heavy atom. The van der Waals surface area contributed by atoms with Crippen LogP contribution in [0.5, 0.6) is 0 Å². The normalized spacial score (nSPS) is 23.5. The third-order valence-electron chi connectivity index (χ3n) is 3.34. The number of pyridine rings is 1. The molecule has 0 amide bonds. The molecule has 2 heterocycles. The van der Waals surface area contributed by atoms with E-state index in [9.17, 15) is 8.42 Å². The third kappa shape index (κ3) is 2.47. The lowest BCUT2D eigenvalue weighted by atomic mass is 10.2. The van der Waals surface area contributed by atoms with Crippen molar-refractivity contribution < 1.29 is 13.2 Å². The van der Waals surface area contributed by atoms with Crippen molar-refractivity contribution >= 4 is 10.0 Å². The maximum atomic E-state index is 12.5. The average molecular weight is 281 g/mol. The smallest absolute Gasteiger partial charge is 0.246 e. The number of hydrogen-bond donors (Lipinski definition) is 0. The zero-order valence-corrected chi connectivity index (χ0v) is 11.6. The van der Waals surface area contributed by atoms with Crippen LogP contribution in [-0.2, 0) is 14.8 Å². The number of nitriles is 1. The molecule has 19 heavy (non-hydrogen) atoms. The Kier molecular flexibility index (Phi) is 3.85. The summed E-state index contributed by atoms with van der Waals surface area (Å²) < 4.78 is 31.7. The van der Waals surface area contributed by atoms with Gasteiger partial charge in [0, 0.05) is 19.9 Å². The number of aromatic nitrogens is 1. The summed E-state index contributed by atoms with van der Waals surface area (Å²) >= 11 is 0. The summed E-state index contributed by atoms with van der Waals surface area (Å²) in [5.41, 5.74) is -0.0825. The molecule has 0 aromatic carbocycles. The topological polar surface area (TPSA) is 83.3 Å². The second kappa shape index (κ2) is 5.25. The lowest BCUT2D eigenvalue weighted by molar-refractivity contribution is 0.102. The van der Waals surface area contributed by atoms with Crippen molar-refractivity contribution in [1.82, 2.24) is 9.29 Å². The summed E-state index contributed by atoms with van der Waals surface area (Å²) in [6.07, 6.45) is 1.90. The van der Waals surface area contributed by atoms with Crippen molar-refractivity contribution in [2.45, 2.75) is 30.4 Å². The summed E-state index contributed by atoms with van der Waals surface area (Å²) in [7, 11) is -2.22. The molecule has 1 aromatic rings. The molecular formula is C12H15N3O3S. The molecular weight excluding hydrogens is 266 g/mol. The lowest BCUT2D eigenvalue weighted by Gasteiger charge is -2.26. The Bertz CT molecular complexity index is 609. The van der Waals surface area contributed by atoms with Gasteiger partial charge >= 0.3 is 0 Å². The van der Waals surface area contributed by atoms with Crippen LogP contribution < -0.4 is 0 Å². The van der Waals surface area contributed by atoms with E-state index >= 15 is 0 Å². The van der Waals surface area contributed by atoms with Gasteiger partial charge in [-0.15, -0.1) is 0 Å². The van der Waals surface area contributed by atoms with E-state index in [0.29, 0.717) is 13.0 Å². The van der Waals surface area contributed by atoms with E-state index in [-0.39, 0.29) is 22.7 Å². The standard InChI is InChI=1S/C12H15N3O3S/c1-9-11(5-7-18-9)15(2)19(16,17)12-4-3-6-14-10(12)8-13/h3-4,6,9,11H,5,7H2,1-2H3. The number of sulfonamides is 1. The summed E-state index contributed by atoms with van der Waals surface area (Å²) in [5.74, 6) is 0. The molecule has 7 heteroatoms. The van der Waals surface area contributed by atoms with Crippen LogP contribution in [0.3, 0.4) is 0 Å². The highest BCUT2D eigenvalue weighted by Gasteiger charge is 2.36. The van der Waals surface area contributed by atoms with Crippen LogP contribution in [-0.4, -0.2) is 43.5 Å². The molecule has 1 saturated heterocycles. The van der Waals surface area contributed by atoms with Gasteiger partial charge < -0.3 is 4.74 Å². The number of ether oxygens (including phenoxy) is 1. The van der Waals surface area contributed by atoms with E-state index < -0.39 is 10.0 Å². The van der Waals surface area contributed by atoms with Crippen molar-refractivity contribution in [2.24, 2.45) is 0 Å². The maximum Gasteiger partial charge on any atom is 0.246 e. The summed E-state index contributed by atoms with van der Waals surface area (Å²) in [5, 5.41) is 8.96. The van der Waals surface area contributed by atoms with Gasteiger partial charge in [-0.05, 0) is 25.5 Å². The fourth-order valence-corrected chi connectivity index (χ4v) is 3.75. The first-order valence-corrected chi connectivity index (χ1v) is 7.37. The second-order valence-corrected chi connectivity index (χ2v) is 6.38. The second-order valence-electron chi connectivity index (χ2n) is 4.42. The zero-order valence-electron chi connectivity index (χ0n) is 10.8. The summed E-state index contributed by atoms with van der Waals surface area (Å²) in [6, 6.07) is 4.51. The molecule has 1 aliphatic heterocycles. The fourth-order valence-electron chi connectivity index (χ4n) is 2.21. The minimum absolute atomic E-state index is 0.0564. The predicted octanol–water partition coefficient (Wildman–Crippen LogP) is 0.751. The van der Waals surface area contributed by atoms with Crippen molar-refractivity contribution in [1.29, 1.82) is 5.26 Å². The zero-order chi connectivity index (χ0) is 14.0. The van der Waals surface area contributed by atoms with E-state index in [1.165, 1.54) is 29.7 Å². The van der Waals surface area contributed by atoms with E-state index in [2.05, 4.69) is 4.98 Å². The molecule has 1 fully saturated rings. The summed E-state index contributed by atoms with van der Waals surface area (Å²) in [6.45, 7) is 2.39. The van der Waals surface area contributed by atoms with Gasteiger partial charge in [0.2, 0.25) is 10.0 Å². The van der Waals surface area contributed by atoms with Gasteiger partial charge in [0.05, 0.1) is 12.1 Å². The minimum atomic E-state index is -3.73. The quantitative estimate of drug-likeness (QED) is 0.816. The Morgan fingerprint density at radius 3 is 2.89 bits per heavy atom. The van der Waals surface area contributed by atoms with Crippen LogP contribution in [0.25, 0.3) is 0 Å². The van der Waals surface area contributed by atoms with Crippen molar-refractivity contribution in [3.8, 4) is 6.07 Å². The maximum absolute atomic E-state index is 12.5. The van der Waals surface area contributed by atoms with Crippen molar-refractivity contribution in [2.75, 3.05) is 13.7 Å². The highest BCUT2D eigenvalue weighted by atomic mass is 32.2. The van der Waals surface area contributed by atoms with Gasteiger partial charge in [-0.25, -0.2) is 13.4 Å². The molecule has 1 aromatic heterocycles. The predicted molar refractivity (Wildman–Crippen MR) is 67.7 cm³/mol. The molecule has 1 aliphatic rings. The minimum Gasteiger partial charge on any atom is -0.377 e. The van der Waals surface area contributed by atoms with Crippen LogP contribution in [0.1, 0.15) is 19.0 Å². The summed E-state index contributed by atoms with van der Waals surface area (Å²) in [4.78, 5) is 3.74. The largest absolute Gasteiger partial charge is 0.377 e. The Hall–Kier alpha value is -1.49. The van der Waals surface area contributed by atoms with Crippen LogP contribution in [0, 0.1) is 11.3 Å². The SMILES string of the molecule is CC1OCCC1N(C)S(=O)(=O)c1cccnc1C#N. The number of nitrogens with zero attached hydrogens (tertiary/aromatic N) is 3.